The zero-order valence-corrected chi connectivity index (χ0v) is 13.3. The summed E-state index contributed by atoms with van der Waals surface area (Å²) >= 11 is 0. The lowest BCUT2D eigenvalue weighted by atomic mass is 10.0. The molecule has 3 rings (SSSR count). The van der Waals surface area contributed by atoms with E-state index < -0.39 is 10.2 Å². The van der Waals surface area contributed by atoms with Gasteiger partial charge in [-0.3, -0.25) is 0 Å². The van der Waals surface area contributed by atoms with Gasteiger partial charge >= 0.3 is 12.0 Å². The normalized spacial score (nSPS) is 10.8. The highest BCUT2D eigenvalue weighted by atomic mass is 35.7. The smallest absolute Gasteiger partial charge is 0.222 e. The summed E-state index contributed by atoms with van der Waals surface area (Å²) in [5, 5.41) is 0. The predicted molar refractivity (Wildman–Crippen MR) is 73.9 cm³/mol. The molecule has 0 spiro atoms. The van der Waals surface area contributed by atoms with Crippen LogP contribution in [0.5, 0.6) is 0 Å². The van der Waals surface area contributed by atoms with E-state index in [2.05, 4.69) is 0 Å². The summed E-state index contributed by atoms with van der Waals surface area (Å²) in [5.41, 5.74) is 2.59. The summed E-state index contributed by atoms with van der Waals surface area (Å²) in [7, 11) is -4.94. The molecule has 0 amide bonds. The topological polar surface area (TPSA) is 104 Å². The lowest BCUT2D eigenvalue weighted by Crippen LogP contribution is -2.68. The lowest BCUT2D eigenvalue weighted by molar-refractivity contribution is -2.00. The Labute approximate surface area is 143 Å². The van der Waals surface area contributed by atoms with Gasteiger partial charge in [0.15, 0.2) is 0 Å². The van der Waals surface area contributed by atoms with Crippen molar-refractivity contribution in [2.75, 3.05) is 0 Å². The monoisotopic (exact) mass is 368 g/mol. The molecule has 0 unspecified atom stereocenters. The second kappa shape index (κ2) is 8.11. The molecule has 0 bridgehead atoms. The van der Waals surface area contributed by atoms with Crippen LogP contribution < -0.4 is 18.6 Å². The average Bonchev–Trinajstić information content (AvgIpc) is 2.55. The molecule has 25 heavy (non-hydrogen) atoms. The van der Waals surface area contributed by atoms with Crippen molar-refractivity contribution in [2.45, 2.75) is 0 Å². The summed E-state index contributed by atoms with van der Waals surface area (Å²) in [6.07, 6.45) is 1.57. The number of halogens is 3. The molecule has 1 heterocycles. The van der Waals surface area contributed by atoms with Gasteiger partial charge in [-0.1, -0.05) is 12.1 Å². The molecule has 2 aromatic carbocycles. The summed E-state index contributed by atoms with van der Waals surface area (Å²) in [4.78, 5) is 0. The molecule has 3 aromatic rings. The largest absolute Gasteiger partial charge is 0.360 e. The van der Waals surface area contributed by atoms with E-state index in [4.69, 9.17) is 23.1 Å². The number of benzene rings is 2. The Morgan fingerprint density at radius 1 is 0.640 bits per heavy atom. The molecule has 0 aliphatic rings. The molecule has 0 saturated carbocycles. The maximum Gasteiger partial charge on any atom is 0.360 e. The van der Waals surface area contributed by atoms with E-state index >= 15 is 0 Å². The Kier molecular flexibility index (Phi) is 6.13. The van der Waals surface area contributed by atoms with Crippen LogP contribution in [0.15, 0.2) is 71.3 Å². The average molecular weight is 369 g/mol. The van der Waals surface area contributed by atoms with Crippen LogP contribution in [0.1, 0.15) is 0 Å². The first-order valence-electron chi connectivity index (χ1n) is 6.78. The molecule has 1 aromatic heterocycles. The first kappa shape index (κ1) is 18.9. The fourth-order valence-electron chi connectivity index (χ4n) is 1.99. The van der Waals surface area contributed by atoms with Crippen LogP contribution in [0.4, 0.5) is 8.78 Å². The fraction of sp³-hybridized carbons (Fsp3) is 0. The Bertz CT molecular complexity index is 751. The van der Waals surface area contributed by atoms with Gasteiger partial charge in [-0.05, 0) is 47.5 Å². The van der Waals surface area contributed by atoms with Crippen molar-refractivity contribution in [3.63, 3.8) is 0 Å². The van der Waals surface area contributed by atoms with Crippen LogP contribution in [0.3, 0.4) is 0 Å². The van der Waals surface area contributed by atoms with Gasteiger partial charge in [-0.25, -0.2) is 31.8 Å². The molecule has 8 heteroatoms. The second-order valence-corrected chi connectivity index (χ2v) is 5.53. The summed E-state index contributed by atoms with van der Waals surface area (Å²) in [6.45, 7) is 0. The number of rotatable bonds is 2. The fourth-order valence-corrected chi connectivity index (χ4v) is 1.99. The second-order valence-electron chi connectivity index (χ2n) is 4.78. The molecule has 0 N–H and O–H groups in total. The number of hydrogen-bond acceptors (Lipinski definition) is 4. The van der Waals surface area contributed by atoms with E-state index in [1.807, 2.05) is 6.07 Å². The Hall–Kier alpha value is -2.42. The first-order chi connectivity index (χ1) is 11.7. The third kappa shape index (κ3) is 6.54. The Morgan fingerprint density at radius 2 is 1.08 bits per heavy atom. The predicted octanol–water partition coefficient (Wildman–Crippen LogP) is 0.417. The minimum atomic E-state index is -4.94. The summed E-state index contributed by atoms with van der Waals surface area (Å²) < 4.78 is 65.3. The van der Waals surface area contributed by atoms with E-state index in [-0.39, 0.29) is 11.6 Å². The third-order valence-corrected chi connectivity index (χ3v) is 3.04. The van der Waals surface area contributed by atoms with Gasteiger partial charge in [0, 0.05) is 6.07 Å². The molecule has 5 nitrogen and oxygen atoms in total. The van der Waals surface area contributed by atoms with Gasteiger partial charge in [0.05, 0.1) is 11.6 Å². The summed E-state index contributed by atoms with van der Waals surface area (Å²) in [5.74, 6) is 0.0726. The summed E-state index contributed by atoms with van der Waals surface area (Å²) in [6, 6.07) is 16.0. The van der Waals surface area contributed by atoms with Crippen molar-refractivity contribution in [3.05, 3.63) is 78.6 Å². The van der Waals surface area contributed by atoms with Crippen molar-refractivity contribution < 1.29 is 42.1 Å². The molecule has 0 radical (unpaired) electrons. The SMILES string of the molecule is Fc1ccc(-c2cc[o+]c(-c3ccc(F)cc3)c2)cc1.[O-][Cl+3]([O-])([O-])[O-]. The van der Waals surface area contributed by atoms with E-state index in [1.54, 1.807) is 36.6 Å². The van der Waals surface area contributed by atoms with Gasteiger partial charge in [0.25, 0.3) is 0 Å². The minimum Gasteiger partial charge on any atom is -0.222 e. The quantitative estimate of drug-likeness (QED) is 0.610. The van der Waals surface area contributed by atoms with E-state index in [0.29, 0.717) is 5.76 Å². The standard InChI is InChI=1S/C17H11F2O.ClHO4/c18-15-5-1-12(2-6-15)14-9-10-20-17(11-14)13-3-7-16(19)8-4-13;2-1(3,4)5/h1-11H;(H,2,3,4,5)/q+1;/p-1. The van der Waals surface area contributed by atoms with Crippen molar-refractivity contribution in [2.24, 2.45) is 0 Å². The van der Waals surface area contributed by atoms with Crippen LogP contribution in [-0.2, 0) is 0 Å². The maximum atomic E-state index is 12.9. The van der Waals surface area contributed by atoms with Crippen LogP contribution in [0.25, 0.3) is 22.5 Å². The molecular weight excluding hydrogens is 358 g/mol. The van der Waals surface area contributed by atoms with Crippen LogP contribution in [-0.4, -0.2) is 0 Å². The molecule has 130 valence electrons. The van der Waals surface area contributed by atoms with Gasteiger partial charge < -0.3 is 0 Å². The molecule has 0 fully saturated rings. The molecule has 0 aliphatic heterocycles. The molecule has 0 saturated heterocycles. The highest BCUT2D eigenvalue weighted by Crippen LogP contribution is 2.26. The number of hydrogen-bond donors (Lipinski definition) is 0. The van der Waals surface area contributed by atoms with Gasteiger partial charge in [-0.2, -0.15) is 0 Å². The van der Waals surface area contributed by atoms with Crippen molar-refractivity contribution in [3.8, 4) is 22.5 Å². The van der Waals surface area contributed by atoms with Crippen molar-refractivity contribution >= 4 is 0 Å². The van der Waals surface area contributed by atoms with E-state index in [0.717, 1.165) is 16.7 Å². The van der Waals surface area contributed by atoms with E-state index in [9.17, 15) is 8.78 Å². The zero-order valence-electron chi connectivity index (χ0n) is 12.5. The first-order valence-corrected chi connectivity index (χ1v) is 8.01. The minimum absolute atomic E-state index is 0.270. The van der Waals surface area contributed by atoms with Gasteiger partial charge in [-0.15, -0.1) is 10.2 Å². The molecule has 0 atom stereocenters. The van der Waals surface area contributed by atoms with Gasteiger partial charge in [0.2, 0.25) is 0 Å². The molecular formula is C17H11ClF2O5. The third-order valence-electron chi connectivity index (χ3n) is 3.04. The highest BCUT2D eigenvalue weighted by molar-refractivity contribution is 5.69. The van der Waals surface area contributed by atoms with Gasteiger partial charge in [0.1, 0.15) is 11.6 Å². The zero-order chi connectivity index (χ0) is 18.4. The van der Waals surface area contributed by atoms with Crippen LogP contribution >= 0.6 is 0 Å². The lowest BCUT2D eigenvalue weighted by Gasteiger charge is -2.17. The Morgan fingerprint density at radius 3 is 1.56 bits per heavy atom. The maximum absolute atomic E-state index is 12.9. The highest BCUT2D eigenvalue weighted by Gasteiger charge is 2.13. The Balaban J connectivity index is 0.000000399. The van der Waals surface area contributed by atoms with Crippen molar-refractivity contribution in [1.82, 2.24) is 0 Å². The van der Waals surface area contributed by atoms with E-state index in [1.165, 1.54) is 24.3 Å². The van der Waals surface area contributed by atoms with Crippen LogP contribution in [0, 0.1) is 21.9 Å². The van der Waals surface area contributed by atoms with Crippen LogP contribution in [0.2, 0.25) is 0 Å². The van der Waals surface area contributed by atoms with Crippen molar-refractivity contribution in [1.29, 1.82) is 0 Å². The molecule has 0 aliphatic carbocycles.